The third-order valence-corrected chi connectivity index (χ3v) is 1.30. The summed E-state index contributed by atoms with van der Waals surface area (Å²) in [6, 6.07) is 0.586. The molecule has 0 saturated heterocycles. The fourth-order valence-corrected chi connectivity index (χ4v) is 0.707. The van der Waals surface area contributed by atoms with Crippen LogP contribution in [0.25, 0.3) is 0 Å². The Labute approximate surface area is 66.2 Å². The summed E-state index contributed by atoms with van der Waals surface area (Å²) in [6.07, 6.45) is -2.84. The minimum absolute atomic E-state index is 0.441. The van der Waals surface area contributed by atoms with Gasteiger partial charge in [0.05, 0.1) is 5.56 Å². The minimum atomic E-state index is -2.84. The number of aromatic nitrogens is 1. The monoisotopic (exact) mass is 177 g/mol. The van der Waals surface area contributed by atoms with Gasteiger partial charge in [0.1, 0.15) is 5.82 Å². The van der Waals surface area contributed by atoms with Crippen molar-refractivity contribution in [2.45, 2.75) is 6.43 Å². The molecular formula is C6H6F3N3. The first kappa shape index (κ1) is 8.63. The molecule has 12 heavy (non-hydrogen) atoms. The maximum absolute atomic E-state index is 12.5. The van der Waals surface area contributed by atoms with Crippen molar-refractivity contribution >= 4 is 11.6 Å². The van der Waals surface area contributed by atoms with E-state index in [9.17, 15) is 13.2 Å². The van der Waals surface area contributed by atoms with Gasteiger partial charge in [0.15, 0.2) is 11.6 Å². The van der Waals surface area contributed by atoms with E-state index in [-0.39, 0.29) is 0 Å². The van der Waals surface area contributed by atoms with Crippen molar-refractivity contribution in [3.05, 3.63) is 17.4 Å². The Hall–Kier alpha value is -1.46. The molecule has 4 N–H and O–H groups in total. The number of pyridine rings is 1. The summed E-state index contributed by atoms with van der Waals surface area (Å²) in [5, 5.41) is 0. The van der Waals surface area contributed by atoms with Crippen molar-refractivity contribution in [2.75, 3.05) is 11.5 Å². The van der Waals surface area contributed by atoms with E-state index in [1.807, 2.05) is 0 Å². The second kappa shape index (κ2) is 2.88. The molecule has 1 aromatic rings. The smallest absolute Gasteiger partial charge is 0.267 e. The SMILES string of the molecule is Nc1nc(N)c(C(F)F)cc1F. The highest BCUT2D eigenvalue weighted by Gasteiger charge is 2.15. The van der Waals surface area contributed by atoms with Crippen LogP contribution in [0.1, 0.15) is 12.0 Å². The highest BCUT2D eigenvalue weighted by atomic mass is 19.3. The molecule has 1 heterocycles. The summed E-state index contributed by atoms with van der Waals surface area (Å²) < 4.78 is 36.6. The van der Waals surface area contributed by atoms with Gasteiger partial charge in [0.25, 0.3) is 6.43 Å². The summed E-state index contributed by atoms with van der Waals surface area (Å²) in [5.74, 6) is -1.90. The van der Waals surface area contributed by atoms with Gasteiger partial charge in [-0.25, -0.2) is 18.2 Å². The zero-order valence-corrected chi connectivity index (χ0v) is 5.89. The lowest BCUT2D eigenvalue weighted by molar-refractivity contribution is 0.151. The number of alkyl halides is 2. The molecule has 0 aromatic carbocycles. The summed E-state index contributed by atoms with van der Waals surface area (Å²) in [7, 11) is 0. The fraction of sp³-hybridized carbons (Fsp3) is 0.167. The van der Waals surface area contributed by atoms with Gasteiger partial charge in [0, 0.05) is 0 Å². The summed E-state index contributed by atoms with van der Waals surface area (Å²) >= 11 is 0. The second-order valence-electron chi connectivity index (χ2n) is 2.13. The molecule has 0 radical (unpaired) electrons. The number of hydrogen-bond acceptors (Lipinski definition) is 3. The number of halogens is 3. The molecule has 66 valence electrons. The van der Waals surface area contributed by atoms with E-state index in [1.54, 1.807) is 0 Å². The van der Waals surface area contributed by atoms with Crippen LogP contribution in [0.5, 0.6) is 0 Å². The molecule has 0 aliphatic heterocycles. The van der Waals surface area contributed by atoms with Crippen LogP contribution in [0.15, 0.2) is 6.07 Å². The lowest BCUT2D eigenvalue weighted by Crippen LogP contribution is -2.04. The van der Waals surface area contributed by atoms with E-state index >= 15 is 0 Å². The van der Waals surface area contributed by atoms with Crippen molar-refractivity contribution < 1.29 is 13.2 Å². The van der Waals surface area contributed by atoms with E-state index in [1.165, 1.54) is 0 Å². The Bertz CT molecular complexity index is 300. The van der Waals surface area contributed by atoms with E-state index in [2.05, 4.69) is 4.98 Å². The van der Waals surface area contributed by atoms with Gasteiger partial charge in [-0.1, -0.05) is 0 Å². The zero-order valence-electron chi connectivity index (χ0n) is 5.89. The van der Waals surface area contributed by atoms with Crippen LogP contribution < -0.4 is 11.5 Å². The molecule has 3 nitrogen and oxygen atoms in total. The van der Waals surface area contributed by atoms with Gasteiger partial charge in [-0.2, -0.15) is 0 Å². The Morgan fingerprint density at radius 3 is 2.33 bits per heavy atom. The molecule has 0 bridgehead atoms. The topological polar surface area (TPSA) is 64.9 Å². The second-order valence-corrected chi connectivity index (χ2v) is 2.13. The quantitative estimate of drug-likeness (QED) is 0.679. The molecule has 0 aliphatic carbocycles. The van der Waals surface area contributed by atoms with Gasteiger partial charge in [-0.3, -0.25) is 0 Å². The Balaban J connectivity index is 3.23. The average Bonchev–Trinajstić information content (AvgIpc) is 1.96. The van der Waals surface area contributed by atoms with Crippen LogP contribution in [-0.4, -0.2) is 4.98 Å². The van der Waals surface area contributed by atoms with E-state index in [0.29, 0.717) is 6.07 Å². The van der Waals surface area contributed by atoms with Crippen molar-refractivity contribution in [3.63, 3.8) is 0 Å². The van der Waals surface area contributed by atoms with Crippen molar-refractivity contribution in [2.24, 2.45) is 0 Å². The molecule has 0 saturated carbocycles. The lowest BCUT2D eigenvalue weighted by Gasteiger charge is -2.04. The van der Waals surface area contributed by atoms with E-state index in [0.717, 1.165) is 0 Å². The number of nitrogens with two attached hydrogens (primary N) is 2. The summed E-state index contributed by atoms with van der Waals surface area (Å²) in [6.45, 7) is 0. The Morgan fingerprint density at radius 2 is 1.83 bits per heavy atom. The average molecular weight is 177 g/mol. The van der Waals surface area contributed by atoms with Crippen LogP contribution in [0.4, 0.5) is 24.8 Å². The highest BCUT2D eigenvalue weighted by Crippen LogP contribution is 2.25. The molecule has 6 heteroatoms. The van der Waals surface area contributed by atoms with Gasteiger partial charge < -0.3 is 11.5 Å². The van der Waals surface area contributed by atoms with Crippen LogP contribution in [0.2, 0.25) is 0 Å². The number of nitrogen functional groups attached to an aromatic ring is 2. The first-order valence-corrected chi connectivity index (χ1v) is 3.02. The minimum Gasteiger partial charge on any atom is -0.383 e. The van der Waals surface area contributed by atoms with Crippen LogP contribution in [0, 0.1) is 5.82 Å². The van der Waals surface area contributed by atoms with Gasteiger partial charge in [-0.15, -0.1) is 0 Å². The van der Waals surface area contributed by atoms with Gasteiger partial charge >= 0.3 is 0 Å². The maximum atomic E-state index is 12.5. The molecule has 1 rings (SSSR count). The molecule has 1 aromatic heterocycles. The van der Waals surface area contributed by atoms with Crippen molar-refractivity contribution in [1.82, 2.24) is 4.98 Å². The van der Waals surface area contributed by atoms with Crippen LogP contribution in [0.3, 0.4) is 0 Å². The number of nitrogens with zero attached hydrogens (tertiary/aromatic N) is 1. The predicted octanol–water partition coefficient (Wildman–Crippen LogP) is 1.32. The summed E-state index contributed by atoms with van der Waals surface area (Å²) in [4.78, 5) is 3.19. The molecule has 0 aliphatic rings. The lowest BCUT2D eigenvalue weighted by atomic mass is 10.2. The normalized spacial score (nSPS) is 10.7. The van der Waals surface area contributed by atoms with Gasteiger partial charge in [0.2, 0.25) is 0 Å². The zero-order chi connectivity index (χ0) is 9.30. The standard InChI is InChI=1S/C6H6F3N3/c7-3-1-2(4(8)9)5(10)12-6(3)11/h1,4H,(H4,10,11,12). The third kappa shape index (κ3) is 1.41. The van der Waals surface area contributed by atoms with Crippen LogP contribution >= 0.6 is 0 Å². The number of anilines is 2. The van der Waals surface area contributed by atoms with Crippen molar-refractivity contribution in [3.8, 4) is 0 Å². The van der Waals surface area contributed by atoms with E-state index in [4.69, 9.17) is 11.5 Å². The molecule has 0 amide bonds. The molecule has 0 unspecified atom stereocenters. The predicted molar refractivity (Wildman–Crippen MR) is 38.0 cm³/mol. The molecule has 0 fully saturated rings. The van der Waals surface area contributed by atoms with Crippen LogP contribution in [-0.2, 0) is 0 Å². The largest absolute Gasteiger partial charge is 0.383 e. The maximum Gasteiger partial charge on any atom is 0.267 e. The van der Waals surface area contributed by atoms with Gasteiger partial charge in [-0.05, 0) is 6.07 Å². The summed E-state index contributed by atoms with van der Waals surface area (Å²) in [5.41, 5.74) is 9.39. The first-order valence-electron chi connectivity index (χ1n) is 3.02. The molecular weight excluding hydrogens is 171 g/mol. The highest BCUT2D eigenvalue weighted by molar-refractivity contribution is 5.47. The fourth-order valence-electron chi connectivity index (χ4n) is 0.707. The van der Waals surface area contributed by atoms with E-state index < -0.39 is 29.4 Å². The first-order chi connectivity index (χ1) is 5.52. The number of rotatable bonds is 1. The van der Waals surface area contributed by atoms with Crippen molar-refractivity contribution in [1.29, 1.82) is 0 Å². The Morgan fingerprint density at radius 1 is 1.25 bits per heavy atom. The number of hydrogen-bond donors (Lipinski definition) is 2. The Kier molecular flexibility index (Phi) is 2.07. The third-order valence-electron chi connectivity index (χ3n) is 1.30. The molecule has 0 atom stereocenters. The molecule has 0 spiro atoms.